The van der Waals surface area contributed by atoms with Crippen LogP contribution in [0.25, 0.3) is 44.5 Å². The van der Waals surface area contributed by atoms with Crippen LogP contribution in [0.1, 0.15) is 13.3 Å². The van der Waals surface area contributed by atoms with Crippen LogP contribution in [0.5, 0.6) is 0 Å². The van der Waals surface area contributed by atoms with Gasteiger partial charge in [0.2, 0.25) is 0 Å². The van der Waals surface area contributed by atoms with Gasteiger partial charge < -0.3 is 13.4 Å². The van der Waals surface area contributed by atoms with Crippen LogP contribution < -0.4 is 0 Å². The number of hydrogen-bond acceptors (Lipinski definition) is 2. The zero-order chi connectivity index (χ0) is 17.5. The Morgan fingerprint density at radius 1 is 0.731 bits per heavy atom. The van der Waals surface area contributed by atoms with Gasteiger partial charge >= 0.3 is 0 Å². The van der Waals surface area contributed by atoms with Crippen LogP contribution in [0.4, 0.5) is 0 Å². The molecule has 0 amide bonds. The second-order valence-corrected chi connectivity index (χ2v) is 6.57. The Labute approximate surface area is 151 Å². The van der Waals surface area contributed by atoms with Crippen molar-refractivity contribution in [3.05, 3.63) is 73.2 Å². The lowest BCUT2D eigenvalue weighted by molar-refractivity contribution is 0.582. The average molecular weight is 341 g/mol. The van der Waals surface area contributed by atoms with Gasteiger partial charge in [-0.1, -0.05) is 31.2 Å². The first kappa shape index (κ1) is 15.1. The van der Waals surface area contributed by atoms with Crippen molar-refractivity contribution in [3.63, 3.8) is 0 Å². The molecule has 3 nitrogen and oxygen atoms in total. The Morgan fingerprint density at radius 3 is 1.69 bits per heavy atom. The van der Waals surface area contributed by atoms with E-state index in [9.17, 15) is 0 Å². The van der Waals surface area contributed by atoms with Gasteiger partial charge in [0.25, 0.3) is 0 Å². The number of nitrogens with zero attached hydrogens (tertiary/aromatic N) is 1. The van der Waals surface area contributed by atoms with E-state index in [0.29, 0.717) is 0 Å². The predicted octanol–water partition coefficient (Wildman–Crippen LogP) is 6.72. The number of aromatic nitrogens is 1. The molecule has 128 valence electrons. The molecule has 0 saturated heterocycles. The molecule has 0 saturated carbocycles. The Kier molecular flexibility index (Phi) is 3.45. The molecule has 0 aliphatic carbocycles. The molecule has 3 aromatic heterocycles. The van der Waals surface area contributed by atoms with Gasteiger partial charge in [-0.2, -0.15) is 0 Å². The lowest BCUT2D eigenvalue weighted by Crippen LogP contribution is -1.96. The molecule has 0 N–H and O–H groups in total. The lowest BCUT2D eigenvalue weighted by Gasteiger charge is -2.07. The van der Waals surface area contributed by atoms with E-state index in [-0.39, 0.29) is 0 Å². The zero-order valence-electron chi connectivity index (χ0n) is 14.6. The third kappa shape index (κ3) is 2.28. The molecule has 2 aromatic carbocycles. The summed E-state index contributed by atoms with van der Waals surface area (Å²) >= 11 is 0. The summed E-state index contributed by atoms with van der Waals surface area (Å²) in [5.74, 6) is 1.80. The fourth-order valence-electron chi connectivity index (χ4n) is 3.75. The van der Waals surface area contributed by atoms with Crippen LogP contribution in [0.3, 0.4) is 0 Å². The summed E-state index contributed by atoms with van der Waals surface area (Å²) in [7, 11) is 0. The van der Waals surface area contributed by atoms with Crippen molar-refractivity contribution >= 4 is 21.8 Å². The van der Waals surface area contributed by atoms with Gasteiger partial charge in [-0.15, -0.1) is 0 Å². The maximum Gasteiger partial charge on any atom is 0.133 e. The number of rotatable bonds is 4. The monoisotopic (exact) mass is 341 g/mol. The van der Waals surface area contributed by atoms with E-state index in [0.717, 1.165) is 35.6 Å². The van der Waals surface area contributed by atoms with Gasteiger partial charge in [0.05, 0.1) is 12.5 Å². The molecule has 26 heavy (non-hydrogen) atoms. The van der Waals surface area contributed by atoms with Crippen molar-refractivity contribution in [2.75, 3.05) is 0 Å². The fourth-order valence-corrected chi connectivity index (χ4v) is 3.75. The average Bonchev–Trinajstić information content (AvgIpc) is 3.43. The van der Waals surface area contributed by atoms with E-state index in [4.69, 9.17) is 8.83 Å². The summed E-state index contributed by atoms with van der Waals surface area (Å²) in [5.41, 5.74) is 4.70. The minimum absolute atomic E-state index is 0.900. The van der Waals surface area contributed by atoms with Crippen molar-refractivity contribution < 1.29 is 8.83 Å². The number of hydrogen-bond donors (Lipinski definition) is 0. The summed E-state index contributed by atoms with van der Waals surface area (Å²) in [6.45, 7) is 3.19. The van der Waals surface area contributed by atoms with Crippen molar-refractivity contribution in [2.45, 2.75) is 19.9 Å². The molecule has 0 aliphatic heterocycles. The smallest absolute Gasteiger partial charge is 0.133 e. The highest BCUT2D eigenvalue weighted by Gasteiger charge is 2.13. The quantitative estimate of drug-likeness (QED) is 0.363. The van der Waals surface area contributed by atoms with Gasteiger partial charge in [-0.25, -0.2) is 0 Å². The second kappa shape index (κ2) is 5.95. The Morgan fingerprint density at radius 2 is 1.27 bits per heavy atom. The number of benzene rings is 2. The van der Waals surface area contributed by atoms with Gasteiger partial charge in [0.15, 0.2) is 0 Å². The summed E-state index contributed by atoms with van der Waals surface area (Å²) in [4.78, 5) is 0. The van der Waals surface area contributed by atoms with Crippen LogP contribution in [0, 0.1) is 0 Å². The van der Waals surface area contributed by atoms with Gasteiger partial charge in [-0.05, 0) is 42.8 Å². The molecule has 5 aromatic rings. The first-order valence-electron chi connectivity index (χ1n) is 8.99. The SMILES string of the molecule is CCCn1c2cc(-c3ccco3)ccc2c2ccc(-c3ccco3)cc21. The molecule has 3 heterocycles. The molecule has 3 heteroatoms. The molecule has 0 radical (unpaired) electrons. The van der Waals surface area contributed by atoms with Gasteiger partial charge in [0, 0.05) is 39.5 Å². The maximum absolute atomic E-state index is 5.59. The molecule has 0 bridgehead atoms. The molecule has 0 atom stereocenters. The number of aryl methyl sites for hydroxylation is 1. The Hall–Kier alpha value is -3.20. The molecule has 0 unspecified atom stereocenters. The standard InChI is InChI=1S/C23H19NO2/c1-2-11-24-20-14-16(22-5-3-12-25-22)7-9-18(20)19-10-8-17(15-21(19)24)23-6-4-13-26-23/h3-10,12-15H,2,11H2,1H3. The van der Waals surface area contributed by atoms with E-state index in [1.165, 1.54) is 21.8 Å². The minimum atomic E-state index is 0.900. The Balaban J connectivity index is 1.79. The van der Waals surface area contributed by atoms with Gasteiger partial charge in [-0.3, -0.25) is 0 Å². The lowest BCUT2D eigenvalue weighted by atomic mass is 10.1. The van der Waals surface area contributed by atoms with E-state index >= 15 is 0 Å². The topological polar surface area (TPSA) is 31.2 Å². The van der Waals surface area contributed by atoms with Crippen molar-refractivity contribution in [1.82, 2.24) is 4.57 Å². The number of fused-ring (bicyclic) bond motifs is 3. The van der Waals surface area contributed by atoms with Crippen molar-refractivity contribution in [2.24, 2.45) is 0 Å². The highest BCUT2D eigenvalue weighted by atomic mass is 16.3. The zero-order valence-corrected chi connectivity index (χ0v) is 14.6. The molecular weight excluding hydrogens is 322 g/mol. The van der Waals surface area contributed by atoms with E-state index in [1.807, 2.05) is 24.3 Å². The first-order chi connectivity index (χ1) is 12.8. The van der Waals surface area contributed by atoms with Crippen molar-refractivity contribution in [1.29, 1.82) is 0 Å². The van der Waals surface area contributed by atoms with Crippen LogP contribution in [-0.4, -0.2) is 4.57 Å². The highest BCUT2D eigenvalue weighted by molar-refractivity contribution is 6.09. The fraction of sp³-hybridized carbons (Fsp3) is 0.130. The summed E-state index contributed by atoms with van der Waals surface area (Å²) in [6, 6.07) is 21.0. The predicted molar refractivity (Wildman–Crippen MR) is 105 cm³/mol. The number of furan rings is 2. The molecule has 0 fully saturated rings. The van der Waals surface area contributed by atoms with Gasteiger partial charge in [0.1, 0.15) is 11.5 Å². The van der Waals surface area contributed by atoms with Crippen LogP contribution >= 0.6 is 0 Å². The summed E-state index contributed by atoms with van der Waals surface area (Å²) in [6.07, 6.45) is 4.52. The third-order valence-electron chi connectivity index (χ3n) is 4.93. The molecule has 0 aliphatic rings. The van der Waals surface area contributed by atoms with E-state index in [1.54, 1.807) is 12.5 Å². The van der Waals surface area contributed by atoms with Crippen LogP contribution in [-0.2, 0) is 6.54 Å². The van der Waals surface area contributed by atoms with E-state index < -0.39 is 0 Å². The molecule has 0 spiro atoms. The van der Waals surface area contributed by atoms with E-state index in [2.05, 4.69) is 47.9 Å². The summed E-state index contributed by atoms with van der Waals surface area (Å²) in [5, 5.41) is 2.55. The molecular formula is C23H19NO2. The second-order valence-electron chi connectivity index (χ2n) is 6.57. The van der Waals surface area contributed by atoms with Crippen LogP contribution in [0.15, 0.2) is 82.0 Å². The molecule has 5 rings (SSSR count). The normalized spacial score (nSPS) is 11.6. The highest BCUT2D eigenvalue weighted by Crippen LogP contribution is 2.35. The summed E-state index contributed by atoms with van der Waals surface area (Å²) < 4.78 is 13.6. The first-order valence-corrected chi connectivity index (χ1v) is 8.99. The van der Waals surface area contributed by atoms with Crippen LogP contribution in [0.2, 0.25) is 0 Å². The third-order valence-corrected chi connectivity index (χ3v) is 4.93. The largest absolute Gasteiger partial charge is 0.464 e. The maximum atomic E-state index is 5.59. The Bertz CT molecular complexity index is 1090. The van der Waals surface area contributed by atoms with Crippen molar-refractivity contribution in [3.8, 4) is 22.6 Å². The minimum Gasteiger partial charge on any atom is -0.464 e.